The van der Waals surface area contributed by atoms with Crippen LogP contribution in [0.4, 0.5) is 0 Å². The highest BCUT2D eigenvalue weighted by atomic mass is 15.3. The molecule has 20 heavy (non-hydrogen) atoms. The lowest BCUT2D eigenvalue weighted by Crippen LogP contribution is -2.21. The Morgan fingerprint density at radius 3 is 2.40 bits per heavy atom. The second kappa shape index (κ2) is 6.71. The standard InChI is InChI=1S/C17H25N3/c1-5-15-6-8-16(9-7-15)11-20-12-17(14(4)19-20)10-18-13(2)3/h6-9,12-13,18H,5,10-11H2,1-4H3. The molecule has 0 saturated carbocycles. The molecule has 0 radical (unpaired) electrons. The minimum absolute atomic E-state index is 0.499. The fraction of sp³-hybridized carbons (Fsp3) is 0.471. The molecule has 0 unspecified atom stereocenters. The van der Waals surface area contributed by atoms with E-state index in [9.17, 15) is 0 Å². The molecule has 0 atom stereocenters. The second-order valence-electron chi connectivity index (χ2n) is 5.64. The van der Waals surface area contributed by atoms with Crippen LogP contribution in [0.15, 0.2) is 30.5 Å². The predicted molar refractivity (Wildman–Crippen MR) is 83.9 cm³/mol. The Morgan fingerprint density at radius 1 is 1.15 bits per heavy atom. The van der Waals surface area contributed by atoms with Crippen molar-refractivity contribution in [2.45, 2.75) is 53.2 Å². The summed E-state index contributed by atoms with van der Waals surface area (Å²) in [6, 6.07) is 9.29. The minimum atomic E-state index is 0.499. The van der Waals surface area contributed by atoms with Crippen LogP contribution in [0.1, 0.15) is 43.2 Å². The van der Waals surface area contributed by atoms with Crippen molar-refractivity contribution in [3.63, 3.8) is 0 Å². The number of hydrogen-bond acceptors (Lipinski definition) is 2. The van der Waals surface area contributed by atoms with Crippen LogP contribution in [-0.2, 0) is 19.5 Å². The zero-order valence-corrected chi connectivity index (χ0v) is 13.0. The van der Waals surface area contributed by atoms with Crippen LogP contribution in [0.3, 0.4) is 0 Å². The lowest BCUT2D eigenvalue weighted by atomic mass is 10.1. The summed E-state index contributed by atoms with van der Waals surface area (Å²) in [4.78, 5) is 0. The smallest absolute Gasteiger partial charge is 0.0659 e. The molecule has 0 aliphatic carbocycles. The van der Waals surface area contributed by atoms with Gasteiger partial charge in [0.2, 0.25) is 0 Å². The quantitative estimate of drug-likeness (QED) is 0.873. The molecule has 2 rings (SSSR count). The molecule has 0 amide bonds. The van der Waals surface area contributed by atoms with Crippen LogP contribution in [0.2, 0.25) is 0 Å². The molecule has 0 aliphatic heterocycles. The monoisotopic (exact) mass is 271 g/mol. The van der Waals surface area contributed by atoms with Gasteiger partial charge in [-0.2, -0.15) is 5.10 Å². The molecule has 1 heterocycles. The molecule has 3 heteroatoms. The maximum absolute atomic E-state index is 4.60. The van der Waals surface area contributed by atoms with Gasteiger partial charge < -0.3 is 5.32 Å². The van der Waals surface area contributed by atoms with E-state index in [1.54, 1.807) is 0 Å². The van der Waals surface area contributed by atoms with Crippen molar-refractivity contribution in [2.75, 3.05) is 0 Å². The van der Waals surface area contributed by atoms with E-state index in [4.69, 9.17) is 0 Å². The molecule has 0 bridgehead atoms. The van der Waals surface area contributed by atoms with E-state index in [2.05, 4.69) is 68.6 Å². The van der Waals surface area contributed by atoms with Gasteiger partial charge in [-0.1, -0.05) is 45.0 Å². The van der Waals surface area contributed by atoms with Gasteiger partial charge in [0, 0.05) is 24.3 Å². The Bertz CT molecular complexity index is 538. The van der Waals surface area contributed by atoms with Gasteiger partial charge in [-0.15, -0.1) is 0 Å². The summed E-state index contributed by atoms with van der Waals surface area (Å²) in [5.41, 5.74) is 5.08. The Hall–Kier alpha value is -1.61. The zero-order valence-electron chi connectivity index (χ0n) is 13.0. The lowest BCUT2D eigenvalue weighted by molar-refractivity contribution is 0.587. The summed E-state index contributed by atoms with van der Waals surface area (Å²) in [5.74, 6) is 0. The van der Waals surface area contributed by atoms with Gasteiger partial charge >= 0.3 is 0 Å². The Labute approximate surface area is 122 Å². The molecule has 1 aromatic heterocycles. The molecule has 2 aromatic rings. The third-order valence-electron chi connectivity index (χ3n) is 3.52. The lowest BCUT2D eigenvalue weighted by Gasteiger charge is -2.06. The molecule has 0 aliphatic rings. The number of hydrogen-bond donors (Lipinski definition) is 1. The summed E-state index contributed by atoms with van der Waals surface area (Å²) in [7, 11) is 0. The normalized spacial score (nSPS) is 11.2. The fourth-order valence-electron chi connectivity index (χ4n) is 2.20. The van der Waals surface area contributed by atoms with Crippen molar-refractivity contribution in [3.8, 4) is 0 Å². The summed E-state index contributed by atoms with van der Waals surface area (Å²) in [6.45, 7) is 10.3. The van der Waals surface area contributed by atoms with E-state index in [0.29, 0.717) is 6.04 Å². The van der Waals surface area contributed by atoms with Crippen LogP contribution in [0, 0.1) is 6.92 Å². The highest BCUT2D eigenvalue weighted by molar-refractivity contribution is 5.23. The Kier molecular flexibility index (Phi) is 4.96. The first-order valence-corrected chi connectivity index (χ1v) is 7.42. The third kappa shape index (κ3) is 3.94. The molecule has 0 fully saturated rings. The van der Waals surface area contributed by atoms with Crippen molar-refractivity contribution in [1.82, 2.24) is 15.1 Å². The zero-order chi connectivity index (χ0) is 14.5. The van der Waals surface area contributed by atoms with E-state index in [-0.39, 0.29) is 0 Å². The van der Waals surface area contributed by atoms with E-state index < -0.39 is 0 Å². The molecule has 1 N–H and O–H groups in total. The van der Waals surface area contributed by atoms with E-state index in [1.807, 2.05) is 4.68 Å². The van der Waals surface area contributed by atoms with Crippen molar-refractivity contribution in [1.29, 1.82) is 0 Å². The average molecular weight is 271 g/mol. The van der Waals surface area contributed by atoms with Gasteiger partial charge in [-0.25, -0.2) is 0 Å². The van der Waals surface area contributed by atoms with Gasteiger partial charge in [-0.05, 0) is 24.5 Å². The van der Waals surface area contributed by atoms with Crippen LogP contribution in [0.5, 0.6) is 0 Å². The number of nitrogens with zero attached hydrogens (tertiary/aromatic N) is 2. The van der Waals surface area contributed by atoms with Crippen molar-refractivity contribution in [3.05, 3.63) is 52.8 Å². The van der Waals surface area contributed by atoms with E-state index in [0.717, 1.165) is 25.2 Å². The maximum atomic E-state index is 4.60. The number of aromatic nitrogens is 2. The highest BCUT2D eigenvalue weighted by Crippen LogP contribution is 2.10. The largest absolute Gasteiger partial charge is 0.310 e. The van der Waals surface area contributed by atoms with Crippen LogP contribution < -0.4 is 5.32 Å². The topological polar surface area (TPSA) is 29.9 Å². The van der Waals surface area contributed by atoms with E-state index >= 15 is 0 Å². The molecule has 0 spiro atoms. The van der Waals surface area contributed by atoms with Crippen molar-refractivity contribution in [2.24, 2.45) is 0 Å². The summed E-state index contributed by atoms with van der Waals surface area (Å²) >= 11 is 0. The second-order valence-corrected chi connectivity index (χ2v) is 5.64. The molecule has 1 aromatic carbocycles. The molecular formula is C17H25N3. The maximum Gasteiger partial charge on any atom is 0.0659 e. The average Bonchev–Trinajstić information content (AvgIpc) is 2.77. The molecular weight excluding hydrogens is 246 g/mol. The summed E-state index contributed by atoms with van der Waals surface area (Å²) in [6.07, 6.45) is 3.24. The van der Waals surface area contributed by atoms with Crippen molar-refractivity contribution >= 4 is 0 Å². The van der Waals surface area contributed by atoms with Crippen LogP contribution in [0.25, 0.3) is 0 Å². The minimum Gasteiger partial charge on any atom is -0.310 e. The van der Waals surface area contributed by atoms with Gasteiger partial charge in [0.05, 0.1) is 12.2 Å². The number of rotatable bonds is 6. The first-order valence-electron chi connectivity index (χ1n) is 7.42. The Morgan fingerprint density at radius 2 is 1.80 bits per heavy atom. The molecule has 0 saturated heterocycles. The SMILES string of the molecule is CCc1ccc(Cn2cc(CNC(C)C)c(C)n2)cc1. The van der Waals surface area contributed by atoms with Gasteiger partial charge in [0.25, 0.3) is 0 Å². The van der Waals surface area contributed by atoms with Crippen molar-refractivity contribution < 1.29 is 0 Å². The fourth-order valence-corrected chi connectivity index (χ4v) is 2.20. The van der Waals surface area contributed by atoms with Crippen LogP contribution >= 0.6 is 0 Å². The number of nitrogens with one attached hydrogen (secondary N) is 1. The van der Waals surface area contributed by atoms with Crippen LogP contribution in [-0.4, -0.2) is 15.8 Å². The van der Waals surface area contributed by atoms with Gasteiger partial charge in [-0.3, -0.25) is 4.68 Å². The number of aryl methyl sites for hydroxylation is 2. The summed E-state index contributed by atoms with van der Waals surface area (Å²) < 4.78 is 2.04. The highest BCUT2D eigenvalue weighted by Gasteiger charge is 2.06. The molecule has 108 valence electrons. The molecule has 3 nitrogen and oxygen atoms in total. The third-order valence-corrected chi connectivity index (χ3v) is 3.52. The van der Waals surface area contributed by atoms with Gasteiger partial charge in [0.15, 0.2) is 0 Å². The first-order chi connectivity index (χ1) is 9.58. The van der Waals surface area contributed by atoms with E-state index in [1.165, 1.54) is 16.7 Å². The summed E-state index contributed by atoms with van der Waals surface area (Å²) in [5, 5.41) is 8.04. The van der Waals surface area contributed by atoms with Gasteiger partial charge in [0.1, 0.15) is 0 Å². The number of benzene rings is 1. The predicted octanol–water partition coefficient (Wildman–Crippen LogP) is 3.30. The first kappa shape index (κ1) is 14.8. The Balaban J connectivity index is 2.03.